The van der Waals surface area contributed by atoms with Gasteiger partial charge in [0, 0.05) is 12.7 Å². The van der Waals surface area contributed by atoms with Crippen molar-refractivity contribution in [2.75, 3.05) is 0 Å². The summed E-state index contributed by atoms with van der Waals surface area (Å²) < 4.78 is 2.02. The third-order valence-corrected chi connectivity index (χ3v) is 10.6. The van der Waals surface area contributed by atoms with Crippen molar-refractivity contribution in [3.05, 3.63) is 18.0 Å². The number of aromatic nitrogens is 2. The van der Waals surface area contributed by atoms with Crippen LogP contribution >= 0.6 is 0 Å². The summed E-state index contributed by atoms with van der Waals surface area (Å²) in [6, 6.07) is 4.02. The molecule has 0 bridgehead atoms. The van der Waals surface area contributed by atoms with Crippen molar-refractivity contribution in [1.29, 1.82) is 5.26 Å². The molecule has 0 amide bonds. The first-order chi connectivity index (χ1) is 14.5. The highest BCUT2D eigenvalue weighted by atomic mass is 15.3. The van der Waals surface area contributed by atoms with Crippen LogP contribution in [-0.4, -0.2) is 9.78 Å². The van der Waals surface area contributed by atoms with Crippen LogP contribution < -0.4 is 0 Å². The lowest BCUT2D eigenvalue weighted by Gasteiger charge is -2.57. The normalized spacial score (nSPS) is 43.9. The smallest absolute Gasteiger partial charge is 0.162 e. The zero-order valence-corrected chi connectivity index (χ0v) is 19.4. The summed E-state index contributed by atoms with van der Waals surface area (Å²) in [7, 11) is 0. The molecule has 0 aromatic carbocycles. The molecule has 1 aromatic heterocycles. The summed E-state index contributed by atoms with van der Waals surface area (Å²) in [5.74, 6) is 7.60. The lowest BCUT2D eigenvalue weighted by Crippen LogP contribution is -2.49. The van der Waals surface area contributed by atoms with Gasteiger partial charge in [-0.2, -0.15) is 10.4 Å². The Morgan fingerprint density at radius 1 is 1.13 bits per heavy atom. The van der Waals surface area contributed by atoms with Crippen LogP contribution in [0.1, 0.15) is 90.7 Å². The maximum absolute atomic E-state index is 9.09. The number of nitrogens with zero attached hydrogens (tertiary/aromatic N) is 3. The number of hydrogen-bond donors (Lipinski definition) is 0. The van der Waals surface area contributed by atoms with E-state index in [0.29, 0.717) is 17.0 Å². The van der Waals surface area contributed by atoms with Crippen molar-refractivity contribution in [3.8, 4) is 6.07 Å². The molecule has 4 aliphatic rings. The van der Waals surface area contributed by atoms with E-state index in [1.54, 1.807) is 6.42 Å². The molecule has 164 valence electrons. The van der Waals surface area contributed by atoms with E-state index >= 15 is 0 Å². The molecule has 3 nitrogen and oxygen atoms in total. The number of hydrogen-bond acceptors (Lipinski definition) is 2. The van der Waals surface area contributed by atoms with Crippen LogP contribution in [0.15, 0.2) is 12.3 Å². The van der Waals surface area contributed by atoms with Crippen molar-refractivity contribution in [2.24, 2.45) is 52.8 Å². The highest BCUT2D eigenvalue weighted by molar-refractivity contribution is 5.16. The van der Waals surface area contributed by atoms with Gasteiger partial charge < -0.3 is 0 Å². The van der Waals surface area contributed by atoms with Crippen LogP contribution in [0, 0.1) is 64.1 Å². The maximum Gasteiger partial charge on any atom is 0.162 e. The van der Waals surface area contributed by atoms with E-state index in [4.69, 9.17) is 5.26 Å². The van der Waals surface area contributed by atoms with Gasteiger partial charge in [0.1, 0.15) is 6.07 Å². The Morgan fingerprint density at radius 2 is 1.97 bits per heavy atom. The molecule has 0 saturated heterocycles. The minimum atomic E-state index is 0.527. The van der Waals surface area contributed by atoms with Crippen LogP contribution in [0.4, 0.5) is 0 Å². The Kier molecular flexibility index (Phi) is 5.49. The minimum absolute atomic E-state index is 0.527. The van der Waals surface area contributed by atoms with E-state index in [1.165, 1.54) is 57.8 Å². The van der Waals surface area contributed by atoms with Crippen LogP contribution in [0.3, 0.4) is 0 Å². The fourth-order valence-corrected chi connectivity index (χ4v) is 9.24. The van der Waals surface area contributed by atoms with Crippen molar-refractivity contribution in [3.63, 3.8) is 0 Å². The third kappa shape index (κ3) is 3.34. The summed E-state index contributed by atoms with van der Waals surface area (Å²) in [4.78, 5) is 0. The molecule has 4 fully saturated rings. The predicted molar refractivity (Wildman–Crippen MR) is 120 cm³/mol. The van der Waals surface area contributed by atoms with E-state index in [0.717, 1.165) is 48.0 Å². The van der Waals surface area contributed by atoms with Crippen molar-refractivity contribution < 1.29 is 0 Å². The summed E-state index contributed by atoms with van der Waals surface area (Å²) in [5, 5.41) is 13.5. The molecule has 0 N–H and O–H groups in total. The topological polar surface area (TPSA) is 41.6 Å². The lowest BCUT2D eigenvalue weighted by molar-refractivity contribution is -0.0747. The SMILES string of the molecule is CC[C@H]1CC[C@@H]2C3CC[C@@]4(C)C(CCC4[C@H](C)Cn4ccc(C#N)n4)[C@@H]3CC[C@@H]2C1. The Hall–Kier alpha value is -1.30. The van der Waals surface area contributed by atoms with E-state index < -0.39 is 0 Å². The van der Waals surface area contributed by atoms with Gasteiger partial charge in [-0.3, -0.25) is 4.68 Å². The summed E-state index contributed by atoms with van der Waals surface area (Å²) in [6.45, 7) is 8.48. The van der Waals surface area contributed by atoms with Crippen molar-refractivity contribution in [2.45, 2.75) is 91.5 Å². The van der Waals surface area contributed by atoms with Gasteiger partial charge in [-0.05, 0) is 110 Å². The molecule has 1 aromatic rings. The first-order valence-electron chi connectivity index (χ1n) is 13.0. The Labute approximate surface area is 183 Å². The average Bonchev–Trinajstić information content (AvgIpc) is 3.36. The largest absolute Gasteiger partial charge is 0.271 e. The molecule has 9 atom stereocenters. The van der Waals surface area contributed by atoms with Crippen LogP contribution in [0.25, 0.3) is 0 Å². The molecule has 5 rings (SSSR count). The Bertz CT molecular complexity index is 790. The molecular formula is C27H41N3. The number of nitriles is 1. The summed E-state index contributed by atoms with van der Waals surface area (Å²) >= 11 is 0. The van der Waals surface area contributed by atoms with E-state index in [2.05, 4.69) is 31.9 Å². The zero-order chi connectivity index (χ0) is 20.9. The molecule has 30 heavy (non-hydrogen) atoms. The van der Waals surface area contributed by atoms with Gasteiger partial charge in [-0.1, -0.05) is 33.6 Å². The van der Waals surface area contributed by atoms with Gasteiger partial charge in [0.2, 0.25) is 0 Å². The second-order valence-corrected chi connectivity index (χ2v) is 11.8. The molecular weight excluding hydrogens is 366 g/mol. The number of rotatable bonds is 4. The van der Waals surface area contributed by atoms with Gasteiger partial charge >= 0.3 is 0 Å². The van der Waals surface area contributed by atoms with E-state index in [9.17, 15) is 0 Å². The molecule has 3 unspecified atom stereocenters. The van der Waals surface area contributed by atoms with Gasteiger partial charge in [-0.25, -0.2) is 0 Å². The van der Waals surface area contributed by atoms with Crippen LogP contribution in [0.2, 0.25) is 0 Å². The highest BCUT2D eigenvalue weighted by Gasteiger charge is 2.57. The summed E-state index contributed by atoms with van der Waals surface area (Å²) in [5.41, 5.74) is 1.08. The Balaban J connectivity index is 1.29. The van der Waals surface area contributed by atoms with Gasteiger partial charge in [0.15, 0.2) is 5.69 Å². The highest BCUT2D eigenvalue weighted by Crippen LogP contribution is 2.65. The van der Waals surface area contributed by atoms with Crippen LogP contribution in [-0.2, 0) is 6.54 Å². The minimum Gasteiger partial charge on any atom is -0.271 e. The monoisotopic (exact) mass is 407 g/mol. The average molecular weight is 408 g/mol. The van der Waals surface area contributed by atoms with Crippen molar-refractivity contribution in [1.82, 2.24) is 9.78 Å². The van der Waals surface area contributed by atoms with Crippen molar-refractivity contribution >= 4 is 0 Å². The maximum atomic E-state index is 9.09. The molecule has 0 spiro atoms. The Morgan fingerprint density at radius 3 is 2.73 bits per heavy atom. The lowest BCUT2D eigenvalue weighted by atomic mass is 9.48. The molecule has 0 aliphatic heterocycles. The molecule has 4 saturated carbocycles. The first kappa shape index (κ1) is 20.6. The standard InChI is InChI=1S/C27H41N3/c1-4-19-5-7-22-20(15-19)6-8-24-23(22)11-13-27(3)25(9-10-26(24)27)18(2)17-30-14-12-21(16-28)29-30/h12,14,18-20,22-26H,4-11,13,15,17H2,1-3H3/t18-,19+,20-,22+,23?,24-,25?,26?,27-/m1/s1. The molecule has 3 heteroatoms. The zero-order valence-electron chi connectivity index (χ0n) is 19.4. The molecule has 0 radical (unpaired) electrons. The fraction of sp³-hybridized carbons (Fsp3) is 0.852. The van der Waals surface area contributed by atoms with Gasteiger partial charge in [-0.15, -0.1) is 0 Å². The van der Waals surface area contributed by atoms with Gasteiger partial charge in [0.25, 0.3) is 0 Å². The second kappa shape index (κ2) is 7.99. The predicted octanol–water partition coefficient (Wildman–Crippen LogP) is 6.69. The fourth-order valence-electron chi connectivity index (χ4n) is 9.24. The first-order valence-corrected chi connectivity index (χ1v) is 13.0. The summed E-state index contributed by atoms with van der Waals surface area (Å²) in [6.07, 6.45) is 16.9. The number of fused-ring (bicyclic) bond motifs is 5. The van der Waals surface area contributed by atoms with Crippen LogP contribution in [0.5, 0.6) is 0 Å². The van der Waals surface area contributed by atoms with E-state index in [1.807, 2.05) is 16.9 Å². The molecule has 4 aliphatic carbocycles. The van der Waals surface area contributed by atoms with Gasteiger partial charge in [0.05, 0.1) is 0 Å². The second-order valence-electron chi connectivity index (χ2n) is 11.8. The molecule has 1 heterocycles. The van der Waals surface area contributed by atoms with E-state index in [-0.39, 0.29) is 0 Å². The third-order valence-electron chi connectivity index (χ3n) is 10.6. The quantitative estimate of drug-likeness (QED) is 0.558.